The molecule has 1 saturated carbocycles. The molecule has 1 aliphatic carbocycles. The lowest BCUT2D eigenvalue weighted by molar-refractivity contribution is -0.387. The fourth-order valence-corrected chi connectivity index (χ4v) is 2.92. The second kappa shape index (κ2) is 6.92. The van der Waals surface area contributed by atoms with Crippen LogP contribution in [-0.2, 0) is 0 Å². The summed E-state index contributed by atoms with van der Waals surface area (Å²) >= 11 is 5.73. The van der Waals surface area contributed by atoms with Crippen molar-refractivity contribution in [3.05, 3.63) is 38.7 Å². The molecular weight excluding hydrogens is 356 g/mol. The van der Waals surface area contributed by atoms with Crippen molar-refractivity contribution in [2.75, 3.05) is 0 Å². The molecule has 1 aromatic rings. The van der Waals surface area contributed by atoms with Crippen molar-refractivity contribution in [1.29, 1.82) is 0 Å². The number of hydrogen-bond acceptors (Lipinski definition) is 3. The normalized spacial score (nSPS) is 21.4. The standard InChI is InChI=1S/C14H13ClF4N2O3/c15-10-6-11(16)12(21(23)24)5-9(10)13(22)20-8-3-1-7(2-4-8)14(17,18)19/h5-8H,1-4H2,(H,20,22)/t7-,8-. The van der Waals surface area contributed by atoms with E-state index in [2.05, 4.69) is 5.32 Å². The molecule has 0 saturated heterocycles. The van der Waals surface area contributed by atoms with Gasteiger partial charge in [0.2, 0.25) is 5.82 Å². The summed E-state index contributed by atoms with van der Waals surface area (Å²) in [7, 11) is 0. The van der Waals surface area contributed by atoms with Crippen LogP contribution in [0.25, 0.3) is 0 Å². The molecule has 10 heteroatoms. The summed E-state index contributed by atoms with van der Waals surface area (Å²) in [5, 5.41) is 12.9. The van der Waals surface area contributed by atoms with Gasteiger partial charge in [-0.15, -0.1) is 0 Å². The maximum absolute atomic E-state index is 13.4. The molecule has 5 nitrogen and oxygen atoms in total. The highest BCUT2D eigenvalue weighted by molar-refractivity contribution is 6.34. The first kappa shape index (κ1) is 18.4. The van der Waals surface area contributed by atoms with Gasteiger partial charge in [0, 0.05) is 18.2 Å². The van der Waals surface area contributed by atoms with E-state index in [9.17, 15) is 32.5 Å². The second-order valence-electron chi connectivity index (χ2n) is 5.60. The lowest BCUT2D eigenvalue weighted by atomic mass is 9.85. The third-order valence-corrected chi connectivity index (χ3v) is 4.32. The molecule has 132 valence electrons. The highest BCUT2D eigenvalue weighted by Gasteiger charge is 2.41. The molecule has 1 amide bonds. The molecule has 0 heterocycles. The number of alkyl halides is 3. The van der Waals surface area contributed by atoms with Gasteiger partial charge in [0.05, 0.1) is 21.4 Å². The molecule has 1 fully saturated rings. The van der Waals surface area contributed by atoms with Crippen molar-refractivity contribution in [3.63, 3.8) is 0 Å². The van der Waals surface area contributed by atoms with Crippen LogP contribution < -0.4 is 5.32 Å². The molecular formula is C14H13ClF4N2O3. The van der Waals surface area contributed by atoms with Crippen LogP contribution in [-0.4, -0.2) is 23.0 Å². The lowest BCUT2D eigenvalue weighted by Crippen LogP contribution is -2.40. The summed E-state index contributed by atoms with van der Waals surface area (Å²) in [4.78, 5) is 21.9. The summed E-state index contributed by atoms with van der Waals surface area (Å²) in [5.74, 6) is -3.34. The largest absolute Gasteiger partial charge is 0.391 e. The van der Waals surface area contributed by atoms with Crippen LogP contribution in [0.4, 0.5) is 23.2 Å². The summed E-state index contributed by atoms with van der Waals surface area (Å²) in [6.07, 6.45) is -4.19. The van der Waals surface area contributed by atoms with Crippen molar-refractivity contribution in [2.45, 2.75) is 37.9 Å². The minimum Gasteiger partial charge on any atom is -0.349 e. The molecule has 0 unspecified atom stereocenters. The van der Waals surface area contributed by atoms with Gasteiger partial charge in [-0.3, -0.25) is 14.9 Å². The molecule has 1 N–H and O–H groups in total. The maximum Gasteiger partial charge on any atom is 0.391 e. The van der Waals surface area contributed by atoms with E-state index in [0.717, 1.165) is 0 Å². The number of rotatable bonds is 3. The molecule has 0 atom stereocenters. The van der Waals surface area contributed by atoms with Crippen LogP contribution in [0.1, 0.15) is 36.0 Å². The molecule has 0 aromatic heterocycles. The van der Waals surface area contributed by atoms with Crippen LogP contribution in [0, 0.1) is 21.8 Å². The first-order chi connectivity index (χ1) is 11.1. The Bertz CT molecular complexity index is 658. The monoisotopic (exact) mass is 368 g/mol. The number of benzene rings is 1. The van der Waals surface area contributed by atoms with Gasteiger partial charge in [-0.1, -0.05) is 11.6 Å². The highest BCUT2D eigenvalue weighted by atomic mass is 35.5. The van der Waals surface area contributed by atoms with Crippen molar-refractivity contribution in [2.24, 2.45) is 5.92 Å². The van der Waals surface area contributed by atoms with Gasteiger partial charge in [-0.2, -0.15) is 17.6 Å². The van der Waals surface area contributed by atoms with Gasteiger partial charge in [0.1, 0.15) is 0 Å². The number of halogens is 5. The minimum atomic E-state index is -4.25. The Labute approximate surface area is 139 Å². The molecule has 0 spiro atoms. The number of amides is 1. The molecule has 0 bridgehead atoms. The quantitative estimate of drug-likeness (QED) is 0.493. The number of nitrogens with one attached hydrogen (secondary N) is 1. The molecule has 1 aromatic carbocycles. The summed E-state index contributed by atoms with van der Waals surface area (Å²) in [5.41, 5.74) is -1.19. The molecule has 0 radical (unpaired) electrons. The Morgan fingerprint density at radius 1 is 1.25 bits per heavy atom. The Hall–Kier alpha value is -1.90. The van der Waals surface area contributed by atoms with E-state index in [-0.39, 0.29) is 36.3 Å². The van der Waals surface area contributed by atoms with Crippen LogP contribution in [0.15, 0.2) is 12.1 Å². The fourth-order valence-electron chi connectivity index (χ4n) is 2.68. The third-order valence-electron chi connectivity index (χ3n) is 4.00. The van der Waals surface area contributed by atoms with Crippen LogP contribution >= 0.6 is 11.6 Å². The average Bonchev–Trinajstić information content (AvgIpc) is 2.46. The zero-order chi connectivity index (χ0) is 18.1. The Balaban J connectivity index is 2.06. The van der Waals surface area contributed by atoms with Crippen LogP contribution in [0.5, 0.6) is 0 Å². The zero-order valence-corrected chi connectivity index (χ0v) is 13.0. The number of nitro benzene ring substituents is 1. The summed E-state index contributed by atoms with van der Waals surface area (Å²) in [6, 6.07) is 0.889. The van der Waals surface area contributed by atoms with Gasteiger partial charge in [0.25, 0.3) is 5.91 Å². The van der Waals surface area contributed by atoms with Crippen molar-refractivity contribution in [3.8, 4) is 0 Å². The maximum atomic E-state index is 13.4. The number of hydrogen-bond donors (Lipinski definition) is 1. The molecule has 0 aliphatic heterocycles. The van der Waals surface area contributed by atoms with E-state index in [1.807, 2.05) is 0 Å². The predicted octanol–water partition coefficient (Wildman–Crippen LogP) is 4.24. The van der Waals surface area contributed by atoms with Gasteiger partial charge < -0.3 is 5.32 Å². The molecule has 24 heavy (non-hydrogen) atoms. The van der Waals surface area contributed by atoms with E-state index < -0.39 is 40.5 Å². The van der Waals surface area contributed by atoms with Crippen molar-refractivity contribution >= 4 is 23.2 Å². The zero-order valence-electron chi connectivity index (χ0n) is 12.2. The molecule has 1 aliphatic rings. The molecule has 2 rings (SSSR count). The van der Waals surface area contributed by atoms with E-state index in [1.165, 1.54) is 0 Å². The van der Waals surface area contributed by atoms with E-state index in [0.29, 0.717) is 12.1 Å². The SMILES string of the molecule is O=C(N[C@H]1CC[C@H](C(F)(F)F)CC1)c1cc([N+](=O)[O-])c(F)cc1Cl. The summed E-state index contributed by atoms with van der Waals surface area (Å²) in [6.45, 7) is 0. The minimum absolute atomic E-state index is 0.105. The van der Waals surface area contributed by atoms with Gasteiger partial charge in [-0.05, 0) is 25.7 Å². The van der Waals surface area contributed by atoms with Crippen molar-refractivity contribution in [1.82, 2.24) is 5.32 Å². The average molecular weight is 369 g/mol. The predicted molar refractivity (Wildman–Crippen MR) is 77.3 cm³/mol. The van der Waals surface area contributed by atoms with Gasteiger partial charge >= 0.3 is 11.9 Å². The van der Waals surface area contributed by atoms with E-state index >= 15 is 0 Å². The Morgan fingerprint density at radius 3 is 2.33 bits per heavy atom. The Kier molecular flexibility index (Phi) is 5.32. The second-order valence-corrected chi connectivity index (χ2v) is 6.01. The Morgan fingerprint density at radius 2 is 1.83 bits per heavy atom. The van der Waals surface area contributed by atoms with E-state index in [4.69, 9.17) is 11.6 Å². The fraction of sp³-hybridized carbons (Fsp3) is 0.500. The first-order valence-electron chi connectivity index (χ1n) is 7.10. The third kappa shape index (κ3) is 4.14. The lowest BCUT2D eigenvalue weighted by Gasteiger charge is -2.30. The number of nitro groups is 1. The number of nitrogens with zero attached hydrogens (tertiary/aromatic N) is 1. The first-order valence-corrected chi connectivity index (χ1v) is 7.48. The summed E-state index contributed by atoms with van der Waals surface area (Å²) < 4.78 is 51.2. The highest BCUT2D eigenvalue weighted by Crippen LogP contribution is 2.37. The topological polar surface area (TPSA) is 72.2 Å². The van der Waals surface area contributed by atoms with Gasteiger partial charge in [0.15, 0.2) is 0 Å². The van der Waals surface area contributed by atoms with Crippen LogP contribution in [0.2, 0.25) is 5.02 Å². The van der Waals surface area contributed by atoms with Crippen LogP contribution in [0.3, 0.4) is 0 Å². The van der Waals surface area contributed by atoms with E-state index in [1.54, 1.807) is 0 Å². The number of carbonyl (C=O) groups is 1. The number of carbonyl (C=O) groups excluding carboxylic acids is 1. The smallest absolute Gasteiger partial charge is 0.349 e. The van der Waals surface area contributed by atoms with Gasteiger partial charge in [-0.25, -0.2) is 0 Å². The van der Waals surface area contributed by atoms with Crippen molar-refractivity contribution < 1.29 is 27.3 Å².